The van der Waals surface area contributed by atoms with Crippen molar-refractivity contribution < 1.29 is 33.0 Å². The average molecular weight is 372 g/mol. The molecule has 0 aliphatic rings. The number of carbonyl (C=O) groups is 2. The highest BCUT2D eigenvalue weighted by molar-refractivity contribution is 5.97. The Hall–Kier alpha value is -3.55. The predicted molar refractivity (Wildman–Crippen MR) is 93.8 cm³/mol. The van der Waals surface area contributed by atoms with E-state index in [4.69, 9.17) is 18.3 Å². The standard InChI is InChI=1S/C19H16O8/c1-3-24-18(22)13-8-7-12(26-13)15-16(21)11-6-5-10(20)9-14(11)27-17(15)19(23)25-4-2/h5-9,20H,3-4H2,1-2H3. The Bertz CT molecular complexity index is 1070. The van der Waals surface area contributed by atoms with Gasteiger partial charge in [-0.3, -0.25) is 4.79 Å². The number of hydrogen-bond donors (Lipinski definition) is 1. The van der Waals surface area contributed by atoms with Gasteiger partial charge in [0, 0.05) is 6.07 Å². The van der Waals surface area contributed by atoms with Crippen molar-refractivity contribution in [2.24, 2.45) is 0 Å². The van der Waals surface area contributed by atoms with Crippen molar-refractivity contribution in [3.63, 3.8) is 0 Å². The minimum absolute atomic E-state index is 0.0176. The normalized spacial score (nSPS) is 10.7. The Kier molecular flexibility index (Phi) is 4.98. The number of hydrogen-bond acceptors (Lipinski definition) is 8. The molecule has 0 aliphatic carbocycles. The molecule has 1 N–H and O–H groups in total. The summed E-state index contributed by atoms with van der Waals surface area (Å²) < 4.78 is 20.7. The number of aromatic hydroxyl groups is 1. The summed E-state index contributed by atoms with van der Waals surface area (Å²) in [7, 11) is 0. The summed E-state index contributed by atoms with van der Waals surface area (Å²) in [6, 6.07) is 6.61. The summed E-state index contributed by atoms with van der Waals surface area (Å²) in [4.78, 5) is 37.1. The summed E-state index contributed by atoms with van der Waals surface area (Å²) in [5.41, 5.74) is -0.727. The largest absolute Gasteiger partial charge is 0.508 e. The van der Waals surface area contributed by atoms with Gasteiger partial charge in [0.15, 0.2) is 0 Å². The molecule has 3 rings (SSSR count). The quantitative estimate of drug-likeness (QED) is 0.679. The third-order valence-corrected chi connectivity index (χ3v) is 3.67. The van der Waals surface area contributed by atoms with Gasteiger partial charge in [-0.15, -0.1) is 0 Å². The zero-order valence-corrected chi connectivity index (χ0v) is 14.6. The minimum atomic E-state index is -0.871. The van der Waals surface area contributed by atoms with Crippen molar-refractivity contribution in [3.8, 4) is 17.1 Å². The van der Waals surface area contributed by atoms with Crippen molar-refractivity contribution in [1.29, 1.82) is 0 Å². The van der Waals surface area contributed by atoms with E-state index in [0.717, 1.165) is 0 Å². The highest BCUT2D eigenvalue weighted by Gasteiger charge is 2.26. The lowest BCUT2D eigenvalue weighted by molar-refractivity contribution is 0.0486. The van der Waals surface area contributed by atoms with E-state index in [2.05, 4.69) is 0 Å². The summed E-state index contributed by atoms with van der Waals surface area (Å²) in [6.45, 7) is 3.47. The number of ether oxygens (including phenoxy) is 2. The molecule has 0 fully saturated rings. The van der Waals surface area contributed by atoms with E-state index < -0.39 is 17.4 Å². The molecular weight excluding hydrogens is 356 g/mol. The van der Waals surface area contributed by atoms with E-state index in [1.807, 2.05) is 0 Å². The Morgan fingerprint density at radius 1 is 1.00 bits per heavy atom. The first kappa shape index (κ1) is 18.2. The summed E-state index contributed by atoms with van der Waals surface area (Å²) in [6.07, 6.45) is 0. The van der Waals surface area contributed by atoms with E-state index in [9.17, 15) is 19.5 Å². The molecule has 0 saturated carbocycles. The number of carbonyl (C=O) groups excluding carboxylic acids is 2. The van der Waals surface area contributed by atoms with E-state index in [1.165, 1.54) is 30.3 Å². The number of esters is 2. The summed E-state index contributed by atoms with van der Waals surface area (Å²) in [5.74, 6) is -2.24. The second-order valence-electron chi connectivity index (χ2n) is 5.42. The van der Waals surface area contributed by atoms with Gasteiger partial charge in [0.2, 0.25) is 16.9 Å². The topological polar surface area (TPSA) is 116 Å². The molecule has 0 unspecified atom stereocenters. The van der Waals surface area contributed by atoms with Crippen molar-refractivity contribution in [3.05, 3.63) is 52.1 Å². The van der Waals surface area contributed by atoms with Crippen molar-refractivity contribution in [2.75, 3.05) is 13.2 Å². The van der Waals surface area contributed by atoms with Crippen molar-refractivity contribution in [1.82, 2.24) is 0 Å². The molecule has 8 heteroatoms. The van der Waals surface area contributed by atoms with Gasteiger partial charge >= 0.3 is 11.9 Å². The van der Waals surface area contributed by atoms with Crippen LogP contribution < -0.4 is 5.43 Å². The highest BCUT2D eigenvalue weighted by Crippen LogP contribution is 2.28. The summed E-state index contributed by atoms with van der Waals surface area (Å²) >= 11 is 0. The molecule has 0 aliphatic heterocycles. The second-order valence-corrected chi connectivity index (χ2v) is 5.42. The van der Waals surface area contributed by atoms with E-state index in [0.29, 0.717) is 0 Å². The number of furan rings is 1. The molecule has 0 atom stereocenters. The van der Waals surface area contributed by atoms with Crippen molar-refractivity contribution >= 4 is 22.9 Å². The van der Waals surface area contributed by atoms with Gasteiger partial charge in [0.1, 0.15) is 22.7 Å². The molecule has 8 nitrogen and oxygen atoms in total. The maximum Gasteiger partial charge on any atom is 0.375 e. The van der Waals surface area contributed by atoms with Gasteiger partial charge in [0.25, 0.3) is 0 Å². The maximum absolute atomic E-state index is 12.9. The zero-order chi connectivity index (χ0) is 19.6. The fraction of sp³-hybridized carbons (Fsp3) is 0.211. The Morgan fingerprint density at radius 3 is 2.41 bits per heavy atom. The van der Waals surface area contributed by atoms with Crippen molar-refractivity contribution in [2.45, 2.75) is 13.8 Å². The molecule has 0 amide bonds. The predicted octanol–water partition coefficient (Wildman–Crippen LogP) is 3.11. The molecule has 0 radical (unpaired) electrons. The van der Waals surface area contributed by atoms with Crippen LogP contribution in [-0.2, 0) is 9.47 Å². The van der Waals surface area contributed by atoms with E-state index in [-0.39, 0.29) is 52.8 Å². The first-order valence-electron chi connectivity index (χ1n) is 8.20. The molecule has 0 bridgehead atoms. The van der Waals surface area contributed by atoms with Gasteiger partial charge in [-0.25, -0.2) is 9.59 Å². The van der Waals surface area contributed by atoms with Crippen LogP contribution in [0.15, 0.2) is 44.0 Å². The van der Waals surface area contributed by atoms with Crippen LogP contribution in [0, 0.1) is 0 Å². The number of rotatable bonds is 5. The second kappa shape index (κ2) is 7.36. The van der Waals surface area contributed by atoms with Gasteiger partial charge in [-0.05, 0) is 38.1 Å². The number of phenolic OH excluding ortho intramolecular Hbond substituents is 1. The lowest BCUT2D eigenvalue weighted by Gasteiger charge is -2.08. The van der Waals surface area contributed by atoms with Crippen LogP contribution in [0.3, 0.4) is 0 Å². The van der Waals surface area contributed by atoms with Gasteiger partial charge in [-0.1, -0.05) is 0 Å². The molecule has 2 aromatic heterocycles. The Labute approximate surface area is 152 Å². The lowest BCUT2D eigenvalue weighted by Crippen LogP contribution is -2.14. The van der Waals surface area contributed by atoms with Gasteiger partial charge in [-0.2, -0.15) is 0 Å². The van der Waals surface area contributed by atoms with Crippen LogP contribution >= 0.6 is 0 Å². The van der Waals surface area contributed by atoms with Crippen LogP contribution in [0.4, 0.5) is 0 Å². The first-order chi connectivity index (χ1) is 13.0. The van der Waals surface area contributed by atoms with E-state index >= 15 is 0 Å². The molecule has 3 aromatic rings. The van der Waals surface area contributed by atoms with Crippen LogP contribution in [0.5, 0.6) is 5.75 Å². The molecule has 0 spiro atoms. The van der Waals surface area contributed by atoms with Crippen LogP contribution in [-0.4, -0.2) is 30.3 Å². The number of fused-ring (bicyclic) bond motifs is 1. The fourth-order valence-corrected chi connectivity index (χ4v) is 2.53. The monoisotopic (exact) mass is 372 g/mol. The van der Waals surface area contributed by atoms with Crippen LogP contribution in [0.2, 0.25) is 0 Å². The lowest BCUT2D eigenvalue weighted by atomic mass is 10.1. The molecular formula is C19H16O8. The Morgan fingerprint density at radius 2 is 1.70 bits per heavy atom. The third kappa shape index (κ3) is 3.41. The molecule has 27 heavy (non-hydrogen) atoms. The third-order valence-electron chi connectivity index (χ3n) is 3.67. The van der Waals surface area contributed by atoms with E-state index in [1.54, 1.807) is 13.8 Å². The number of benzene rings is 1. The minimum Gasteiger partial charge on any atom is -0.508 e. The highest BCUT2D eigenvalue weighted by atomic mass is 16.5. The van der Waals surface area contributed by atoms with Gasteiger partial charge < -0.3 is 23.4 Å². The SMILES string of the molecule is CCOC(=O)c1ccc(-c2c(C(=O)OCC)oc3cc(O)ccc3c2=O)o1. The smallest absolute Gasteiger partial charge is 0.375 e. The van der Waals surface area contributed by atoms with Gasteiger partial charge in [0.05, 0.1) is 18.6 Å². The average Bonchev–Trinajstić information content (AvgIpc) is 3.11. The maximum atomic E-state index is 12.9. The Balaban J connectivity index is 2.24. The van der Waals surface area contributed by atoms with Crippen LogP contribution in [0.1, 0.15) is 35.0 Å². The molecule has 140 valence electrons. The summed E-state index contributed by atoms with van der Waals surface area (Å²) in [5, 5.41) is 9.74. The first-order valence-corrected chi connectivity index (χ1v) is 8.20. The number of phenols is 1. The molecule has 1 aromatic carbocycles. The van der Waals surface area contributed by atoms with Crippen LogP contribution in [0.25, 0.3) is 22.3 Å². The molecule has 2 heterocycles. The fourth-order valence-electron chi connectivity index (χ4n) is 2.53. The zero-order valence-electron chi connectivity index (χ0n) is 14.6. The molecule has 0 saturated heterocycles.